The summed E-state index contributed by atoms with van der Waals surface area (Å²) in [5.74, 6) is -0.978. The van der Waals surface area contributed by atoms with Crippen LogP contribution in [0.15, 0.2) is 53.4 Å². The molecule has 10 heteroatoms. The van der Waals surface area contributed by atoms with E-state index < -0.39 is 16.1 Å². The van der Waals surface area contributed by atoms with Gasteiger partial charge in [0, 0.05) is 13.0 Å². The summed E-state index contributed by atoms with van der Waals surface area (Å²) in [6.45, 7) is 0.349. The molecule has 1 atom stereocenters. The summed E-state index contributed by atoms with van der Waals surface area (Å²) in [7, 11) is -3.73. The van der Waals surface area contributed by atoms with Gasteiger partial charge in [0.2, 0.25) is 21.8 Å². The molecule has 1 heterocycles. The molecule has 5 N–H and O–H groups in total. The Morgan fingerprint density at radius 1 is 1.07 bits per heavy atom. The lowest BCUT2D eigenvalue weighted by molar-refractivity contribution is -0.121. The van der Waals surface area contributed by atoms with Crippen molar-refractivity contribution in [2.75, 3.05) is 11.9 Å². The molecule has 0 radical (unpaired) electrons. The average Bonchev–Trinajstić information content (AvgIpc) is 2.82. The predicted octanol–water partition coefficient (Wildman–Crippen LogP) is 0.524. The summed E-state index contributed by atoms with van der Waals surface area (Å²) in [6.07, 6.45) is 0.742. The van der Waals surface area contributed by atoms with Gasteiger partial charge in [0.25, 0.3) is 5.91 Å². The molecular formula is C20H22N4O5S. The number of nitrogens with two attached hydrogens (primary N) is 1. The normalized spacial score (nSPS) is 16.1. The lowest BCUT2D eigenvalue weighted by atomic mass is 10.1. The predicted molar refractivity (Wildman–Crippen MR) is 110 cm³/mol. The molecule has 0 aromatic heterocycles. The highest BCUT2D eigenvalue weighted by Gasteiger charge is 2.27. The van der Waals surface area contributed by atoms with Crippen LogP contribution < -0.4 is 21.1 Å². The molecule has 0 fully saturated rings. The molecule has 9 nitrogen and oxygen atoms in total. The van der Waals surface area contributed by atoms with Crippen molar-refractivity contribution in [2.45, 2.75) is 30.2 Å². The zero-order chi connectivity index (χ0) is 21.7. The van der Waals surface area contributed by atoms with Crippen LogP contribution in [-0.2, 0) is 26.0 Å². The fourth-order valence-corrected chi connectivity index (χ4v) is 3.59. The number of para-hydroxylation sites is 1. The first-order valence-corrected chi connectivity index (χ1v) is 10.9. The summed E-state index contributed by atoms with van der Waals surface area (Å²) in [5, 5.41) is 13.2. The third-order valence-electron chi connectivity index (χ3n) is 4.70. The lowest BCUT2D eigenvalue weighted by Gasteiger charge is -2.14. The zero-order valence-electron chi connectivity index (χ0n) is 16.1. The number of primary sulfonamides is 1. The van der Waals surface area contributed by atoms with E-state index in [-0.39, 0.29) is 35.5 Å². The molecule has 1 aliphatic heterocycles. The van der Waals surface area contributed by atoms with Gasteiger partial charge in [-0.1, -0.05) is 24.3 Å². The number of carbonyl (C=O) groups excluding carboxylic acids is 3. The van der Waals surface area contributed by atoms with E-state index in [0.717, 1.165) is 5.56 Å². The van der Waals surface area contributed by atoms with Crippen molar-refractivity contribution < 1.29 is 22.8 Å². The smallest absolute Gasteiger partial charge is 0.254 e. The van der Waals surface area contributed by atoms with Crippen molar-refractivity contribution in [3.8, 4) is 0 Å². The minimum atomic E-state index is -3.73. The Labute approximate surface area is 174 Å². The van der Waals surface area contributed by atoms with Gasteiger partial charge < -0.3 is 16.0 Å². The quantitative estimate of drug-likeness (QED) is 0.506. The number of amides is 3. The monoisotopic (exact) mass is 430 g/mol. The molecule has 1 aliphatic rings. The summed E-state index contributed by atoms with van der Waals surface area (Å²) in [6, 6.07) is 12.0. The van der Waals surface area contributed by atoms with E-state index in [4.69, 9.17) is 5.14 Å². The fraction of sp³-hybridized carbons (Fsp3) is 0.250. The van der Waals surface area contributed by atoms with Gasteiger partial charge >= 0.3 is 0 Å². The van der Waals surface area contributed by atoms with Crippen LogP contribution in [0.2, 0.25) is 0 Å². The molecule has 30 heavy (non-hydrogen) atoms. The van der Waals surface area contributed by atoms with Crippen molar-refractivity contribution in [1.29, 1.82) is 0 Å². The topological polar surface area (TPSA) is 147 Å². The fourth-order valence-electron chi connectivity index (χ4n) is 3.07. The van der Waals surface area contributed by atoms with Crippen LogP contribution in [0.3, 0.4) is 0 Å². The van der Waals surface area contributed by atoms with Crippen molar-refractivity contribution >= 4 is 33.4 Å². The Kier molecular flexibility index (Phi) is 6.48. The van der Waals surface area contributed by atoms with E-state index in [9.17, 15) is 22.8 Å². The number of hydrogen-bond acceptors (Lipinski definition) is 5. The number of rotatable bonds is 7. The van der Waals surface area contributed by atoms with Gasteiger partial charge in [-0.3, -0.25) is 14.4 Å². The third-order valence-corrected chi connectivity index (χ3v) is 5.63. The highest BCUT2D eigenvalue weighted by Crippen LogP contribution is 2.19. The number of sulfonamides is 1. The molecule has 0 spiro atoms. The van der Waals surface area contributed by atoms with Crippen molar-refractivity contribution in [1.82, 2.24) is 10.6 Å². The van der Waals surface area contributed by atoms with E-state index in [0.29, 0.717) is 24.2 Å². The van der Waals surface area contributed by atoms with E-state index in [1.54, 1.807) is 36.4 Å². The summed E-state index contributed by atoms with van der Waals surface area (Å²) >= 11 is 0. The zero-order valence-corrected chi connectivity index (χ0v) is 16.9. The standard InChI is InChI=1S/C20H22N4O5S/c21-30(28,29)14-7-5-13(6-8-14)11-12-22-18(25)10-9-17-20(27)23-16-4-2-1-3-15(16)19(26)24-17/h1-8,17H,9-12H2,(H,22,25)(H,23,27)(H,24,26)(H2,21,28,29)/t17-/m1/s1. The first kappa shape index (κ1) is 21.5. The first-order chi connectivity index (χ1) is 14.2. The maximum atomic E-state index is 12.3. The second kappa shape index (κ2) is 9.06. The number of anilines is 1. The van der Waals surface area contributed by atoms with Crippen LogP contribution >= 0.6 is 0 Å². The van der Waals surface area contributed by atoms with E-state index >= 15 is 0 Å². The SMILES string of the molecule is NS(=O)(=O)c1ccc(CCNC(=O)CC[C@H]2NC(=O)c3ccccc3NC2=O)cc1. The number of hydrogen-bond donors (Lipinski definition) is 4. The summed E-state index contributed by atoms with van der Waals surface area (Å²) in [5.41, 5.74) is 1.67. The molecule has 2 aromatic rings. The van der Waals surface area contributed by atoms with Crippen LogP contribution in [0.25, 0.3) is 0 Å². The number of benzene rings is 2. The number of carbonyl (C=O) groups is 3. The molecule has 3 rings (SSSR count). The lowest BCUT2D eigenvalue weighted by Crippen LogP contribution is -2.42. The van der Waals surface area contributed by atoms with E-state index in [2.05, 4.69) is 16.0 Å². The van der Waals surface area contributed by atoms with Crippen molar-refractivity contribution in [2.24, 2.45) is 5.14 Å². The van der Waals surface area contributed by atoms with Crippen LogP contribution in [-0.4, -0.2) is 38.7 Å². The van der Waals surface area contributed by atoms with Crippen LogP contribution in [0.5, 0.6) is 0 Å². The largest absolute Gasteiger partial charge is 0.356 e. The number of fused-ring (bicyclic) bond motifs is 1. The Morgan fingerprint density at radius 3 is 2.47 bits per heavy atom. The van der Waals surface area contributed by atoms with Gasteiger partial charge in [-0.05, 0) is 42.7 Å². The Balaban J connectivity index is 1.46. The summed E-state index contributed by atoms with van der Waals surface area (Å²) < 4.78 is 22.5. The minimum Gasteiger partial charge on any atom is -0.356 e. The molecule has 3 amide bonds. The van der Waals surface area contributed by atoms with Crippen molar-refractivity contribution in [3.05, 3.63) is 59.7 Å². The Bertz CT molecular complexity index is 1070. The second-order valence-electron chi connectivity index (χ2n) is 6.89. The highest BCUT2D eigenvalue weighted by molar-refractivity contribution is 7.89. The van der Waals surface area contributed by atoms with Gasteiger partial charge in [0.05, 0.1) is 16.1 Å². The maximum absolute atomic E-state index is 12.3. The van der Waals surface area contributed by atoms with E-state index in [1.807, 2.05) is 0 Å². The molecular weight excluding hydrogens is 408 g/mol. The minimum absolute atomic E-state index is 0.0289. The van der Waals surface area contributed by atoms with Crippen LogP contribution in [0.1, 0.15) is 28.8 Å². The van der Waals surface area contributed by atoms with Gasteiger partial charge in [-0.2, -0.15) is 0 Å². The average molecular weight is 430 g/mol. The third kappa shape index (κ3) is 5.43. The molecule has 0 unspecified atom stereocenters. The first-order valence-electron chi connectivity index (χ1n) is 9.33. The van der Waals surface area contributed by atoms with Crippen LogP contribution in [0, 0.1) is 0 Å². The molecule has 0 aliphatic carbocycles. The summed E-state index contributed by atoms with van der Waals surface area (Å²) in [4.78, 5) is 36.7. The Morgan fingerprint density at radius 2 is 1.77 bits per heavy atom. The molecule has 0 saturated carbocycles. The van der Waals surface area contributed by atoms with E-state index in [1.165, 1.54) is 12.1 Å². The highest BCUT2D eigenvalue weighted by atomic mass is 32.2. The van der Waals surface area contributed by atoms with Gasteiger partial charge in [0.1, 0.15) is 6.04 Å². The molecule has 158 valence electrons. The molecule has 0 saturated heterocycles. The maximum Gasteiger partial charge on any atom is 0.254 e. The van der Waals surface area contributed by atoms with Crippen LogP contribution in [0.4, 0.5) is 5.69 Å². The number of nitrogens with one attached hydrogen (secondary N) is 3. The second-order valence-corrected chi connectivity index (χ2v) is 8.45. The molecule has 0 bridgehead atoms. The van der Waals surface area contributed by atoms with Gasteiger partial charge in [-0.25, -0.2) is 13.6 Å². The van der Waals surface area contributed by atoms with Crippen molar-refractivity contribution in [3.63, 3.8) is 0 Å². The van der Waals surface area contributed by atoms with Gasteiger partial charge in [-0.15, -0.1) is 0 Å². The van der Waals surface area contributed by atoms with Gasteiger partial charge in [0.15, 0.2) is 0 Å². The Hall–Kier alpha value is -3.24. The molecule has 2 aromatic carbocycles.